The highest BCUT2D eigenvalue weighted by molar-refractivity contribution is 5.65. The molecule has 2 aliphatic carbocycles. The van der Waals surface area contributed by atoms with Gasteiger partial charge in [-0.25, -0.2) is 9.18 Å². The summed E-state index contributed by atoms with van der Waals surface area (Å²) in [6, 6.07) is 15.4. The van der Waals surface area contributed by atoms with Crippen molar-refractivity contribution >= 4 is 6.09 Å². The minimum Gasteiger partial charge on any atom is -0.465 e. The van der Waals surface area contributed by atoms with Gasteiger partial charge in [-0.05, 0) is 66.8 Å². The number of halogens is 1. The number of aryl methyl sites for hydroxylation is 1. The number of benzene rings is 2. The zero-order valence-electron chi connectivity index (χ0n) is 17.4. The number of hydrogen-bond acceptors (Lipinski definition) is 2. The fraction of sp³-hybridized carbons (Fsp3) is 0.480. The van der Waals surface area contributed by atoms with Crippen molar-refractivity contribution in [1.82, 2.24) is 10.2 Å². The summed E-state index contributed by atoms with van der Waals surface area (Å²) in [5.41, 5.74) is 3.40. The highest BCUT2D eigenvalue weighted by atomic mass is 19.1. The molecular formula is C25H31FN2O2. The van der Waals surface area contributed by atoms with Gasteiger partial charge >= 0.3 is 6.09 Å². The number of hydrogen-bond donors (Lipinski definition) is 2. The van der Waals surface area contributed by atoms with Crippen LogP contribution >= 0.6 is 0 Å². The summed E-state index contributed by atoms with van der Waals surface area (Å²) < 4.78 is 13.5. The van der Waals surface area contributed by atoms with E-state index >= 15 is 0 Å². The second-order valence-electron chi connectivity index (χ2n) is 8.77. The van der Waals surface area contributed by atoms with Crippen molar-refractivity contribution in [3.63, 3.8) is 0 Å². The van der Waals surface area contributed by atoms with Gasteiger partial charge in [0.2, 0.25) is 0 Å². The molecule has 4 rings (SSSR count). The summed E-state index contributed by atoms with van der Waals surface area (Å²) in [6.07, 6.45) is 6.22. The summed E-state index contributed by atoms with van der Waals surface area (Å²) in [6.45, 7) is 1.28. The Kier molecular flexibility index (Phi) is 6.68. The maximum atomic E-state index is 13.5. The topological polar surface area (TPSA) is 52.6 Å². The Morgan fingerprint density at radius 1 is 1.07 bits per heavy atom. The van der Waals surface area contributed by atoms with E-state index in [0.717, 1.165) is 62.6 Å². The molecule has 3 atom stereocenters. The molecule has 2 aliphatic rings. The molecule has 30 heavy (non-hydrogen) atoms. The van der Waals surface area contributed by atoms with Crippen LogP contribution in [0.2, 0.25) is 0 Å². The minimum atomic E-state index is -0.829. The van der Waals surface area contributed by atoms with E-state index in [4.69, 9.17) is 0 Å². The number of rotatable bonds is 6. The molecule has 0 bridgehead atoms. The van der Waals surface area contributed by atoms with E-state index in [-0.39, 0.29) is 11.9 Å². The van der Waals surface area contributed by atoms with Gasteiger partial charge in [-0.1, -0.05) is 49.2 Å². The first-order valence-corrected chi connectivity index (χ1v) is 11.1. The first-order valence-electron chi connectivity index (χ1n) is 11.1. The zero-order valence-corrected chi connectivity index (χ0v) is 17.4. The van der Waals surface area contributed by atoms with E-state index in [1.54, 1.807) is 17.0 Å². The second-order valence-corrected chi connectivity index (χ2v) is 8.77. The fourth-order valence-electron chi connectivity index (χ4n) is 5.16. The van der Waals surface area contributed by atoms with Crippen LogP contribution in [-0.2, 0) is 19.4 Å². The minimum absolute atomic E-state index is 0.0499. The molecule has 160 valence electrons. The molecule has 2 aromatic carbocycles. The van der Waals surface area contributed by atoms with Crippen molar-refractivity contribution in [1.29, 1.82) is 0 Å². The molecule has 0 aliphatic heterocycles. The van der Waals surface area contributed by atoms with Crippen molar-refractivity contribution in [3.05, 3.63) is 71.0 Å². The van der Waals surface area contributed by atoms with Crippen LogP contribution in [0.3, 0.4) is 0 Å². The van der Waals surface area contributed by atoms with Crippen LogP contribution in [-0.4, -0.2) is 34.7 Å². The molecule has 2 N–H and O–H groups in total. The summed E-state index contributed by atoms with van der Waals surface area (Å²) in [5.74, 6) is 0.172. The number of amides is 1. The molecule has 2 aromatic rings. The largest absolute Gasteiger partial charge is 0.465 e. The van der Waals surface area contributed by atoms with Gasteiger partial charge in [0.25, 0.3) is 0 Å². The average Bonchev–Trinajstić information content (AvgIpc) is 2.77. The van der Waals surface area contributed by atoms with E-state index in [1.807, 2.05) is 36.4 Å². The molecule has 1 unspecified atom stereocenters. The summed E-state index contributed by atoms with van der Waals surface area (Å²) in [4.78, 5) is 13.7. The van der Waals surface area contributed by atoms with Crippen LogP contribution in [0.4, 0.5) is 9.18 Å². The third kappa shape index (κ3) is 5.01. The monoisotopic (exact) mass is 410 g/mol. The van der Waals surface area contributed by atoms with Crippen molar-refractivity contribution < 1.29 is 14.3 Å². The van der Waals surface area contributed by atoms with Crippen LogP contribution in [0.1, 0.15) is 48.8 Å². The SMILES string of the molecule is O=C(O)N(Cc1ccccc1)[C@@H]1CCCC[C@H]1CNC1CCc2cc(F)ccc2C1. The quantitative estimate of drug-likeness (QED) is 0.704. The van der Waals surface area contributed by atoms with Crippen LogP contribution in [0.15, 0.2) is 48.5 Å². The van der Waals surface area contributed by atoms with Crippen molar-refractivity contribution in [2.24, 2.45) is 5.92 Å². The first kappa shape index (κ1) is 20.9. The Balaban J connectivity index is 1.39. The lowest BCUT2D eigenvalue weighted by atomic mass is 9.82. The average molecular weight is 411 g/mol. The molecule has 1 fully saturated rings. The number of nitrogens with zero attached hydrogens (tertiary/aromatic N) is 1. The normalized spacial score (nSPS) is 23.6. The standard InChI is InChI=1S/C25H31FN2O2/c26-22-12-10-20-15-23(13-11-19(20)14-22)27-16-21-8-4-5-9-24(21)28(25(29)30)17-18-6-2-1-3-7-18/h1-3,6-7,10,12,14,21,23-24,27H,4-5,8-9,11,13,15-17H2,(H,29,30)/t21-,23?,24+/m0/s1. The molecule has 0 radical (unpaired) electrons. The molecule has 0 heterocycles. The van der Waals surface area contributed by atoms with E-state index in [2.05, 4.69) is 5.32 Å². The van der Waals surface area contributed by atoms with Gasteiger partial charge in [-0.15, -0.1) is 0 Å². The number of nitrogens with one attached hydrogen (secondary N) is 1. The number of fused-ring (bicyclic) bond motifs is 1. The Morgan fingerprint density at radius 2 is 1.87 bits per heavy atom. The zero-order chi connectivity index (χ0) is 20.9. The van der Waals surface area contributed by atoms with Crippen LogP contribution in [0.5, 0.6) is 0 Å². The maximum absolute atomic E-state index is 13.5. The van der Waals surface area contributed by atoms with E-state index < -0.39 is 6.09 Å². The van der Waals surface area contributed by atoms with Gasteiger partial charge in [0.1, 0.15) is 5.82 Å². The lowest BCUT2D eigenvalue weighted by Crippen LogP contribution is -2.49. The van der Waals surface area contributed by atoms with Crippen LogP contribution in [0, 0.1) is 11.7 Å². The van der Waals surface area contributed by atoms with Gasteiger partial charge in [-0.2, -0.15) is 0 Å². The molecular weight excluding hydrogens is 379 g/mol. The van der Waals surface area contributed by atoms with Gasteiger partial charge in [0.05, 0.1) is 0 Å². The third-order valence-corrected chi connectivity index (χ3v) is 6.78. The number of carbonyl (C=O) groups is 1. The molecule has 1 saturated carbocycles. The first-order chi connectivity index (χ1) is 14.6. The highest BCUT2D eigenvalue weighted by Crippen LogP contribution is 2.30. The van der Waals surface area contributed by atoms with Crippen molar-refractivity contribution in [3.8, 4) is 0 Å². The fourth-order valence-corrected chi connectivity index (χ4v) is 5.16. The smallest absolute Gasteiger partial charge is 0.407 e. The Morgan fingerprint density at radius 3 is 2.67 bits per heavy atom. The predicted molar refractivity (Wildman–Crippen MR) is 116 cm³/mol. The molecule has 0 spiro atoms. The summed E-state index contributed by atoms with van der Waals surface area (Å²) in [7, 11) is 0. The summed E-state index contributed by atoms with van der Waals surface area (Å²) >= 11 is 0. The number of carboxylic acid groups (broad SMARTS) is 1. The van der Waals surface area contributed by atoms with Crippen LogP contribution < -0.4 is 5.32 Å². The molecule has 0 saturated heterocycles. The lowest BCUT2D eigenvalue weighted by Gasteiger charge is -2.39. The van der Waals surface area contributed by atoms with Crippen LogP contribution in [0.25, 0.3) is 0 Å². The van der Waals surface area contributed by atoms with Gasteiger partial charge in [0.15, 0.2) is 0 Å². The summed E-state index contributed by atoms with van der Waals surface area (Å²) in [5, 5.41) is 13.6. The van der Waals surface area contributed by atoms with Gasteiger partial charge in [-0.3, -0.25) is 0 Å². The molecule has 5 heteroatoms. The van der Waals surface area contributed by atoms with Crippen molar-refractivity contribution in [2.75, 3.05) is 6.54 Å². The Bertz CT molecular complexity index is 857. The predicted octanol–water partition coefficient (Wildman–Crippen LogP) is 5.01. The Hall–Kier alpha value is -2.40. The van der Waals surface area contributed by atoms with Gasteiger partial charge in [0, 0.05) is 25.2 Å². The maximum Gasteiger partial charge on any atom is 0.407 e. The van der Waals surface area contributed by atoms with E-state index in [0.29, 0.717) is 18.5 Å². The third-order valence-electron chi connectivity index (χ3n) is 6.78. The van der Waals surface area contributed by atoms with E-state index in [1.165, 1.54) is 5.56 Å². The molecule has 4 nitrogen and oxygen atoms in total. The van der Waals surface area contributed by atoms with Crippen molar-refractivity contribution in [2.45, 2.75) is 63.6 Å². The van der Waals surface area contributed by atoms with Gasteiger partial charge < -0.3 is 15.3 Å². The molecule has 1 amide bonds. The van der Waals surface area contributed by atoms with E-state index in [9.17, 15) is 14.3 Å². The molecule has 0 aromatic heterocycles. The Labute approximate surface area is 178 Å². The second kappa shape index (κ2) is 9.61. The lowest BCUT2D eigenvalue weighted by molar-refractivity contribution is 0.0793. The highest BCUT2D eigenvalue weighted by Gasteiger charge is 2.33.